The Labute approximate surface area is 89.1 Å². The molecule has 1 rings (SSSR count). The van der Waals surface area contributed by atoms with E-state index in [9.17, 15) is 13.5 Å². The summed E-state index contributed by atoms with van der Waals surface area (Å²) >= 11 is 0. The summed E-state index contributed by atoms with van der Waals surface area (Å²) in [5.41, 5.74) is -1.27. The van der Waals surface area contributed by atoms with Crippen molar-refractivity contribution in [3.63, 3.8) is 0 Å². The first-order valence-electron chi connectivity index (χ1n) is 4.45. The zero-order valence-corrected chi connectivity index (χ0v) is 9.45. The third-order valence-electron chi connectivity index (χ3n) is 1.74. The first-order chi connectivity index (χ1) is 6.71. The highest BCUT2D eigenvalue weighted by Gasteiger charge is 2.24. The predicted molar refractivity (Wildman–Crippen MR) is 56.5 cm³/mol. The molecule has 0 radical (unpaired) electrons. The number of hydrogen-bond acceptors (Lipinski definition) is 4. The van der Waals surface area contributed by atoms with Gasteiger partial charge in [0.2, 0.25) is 0 Å². The van der Waals surface area contributed by atoms with Gasteiger partial charge in [-0.3, -0.25) is 0 Å². The molecule has 0 aliphatic heterocycles. The molecule has 0 saturated heterocycles. The smallest absolute Gasteiger partial charge is 0.181 e. The van der Waals surface area contributed by atoms with E-state index in [1.54, 1.807) is 0 Å². The number of rotatable bonds is 3. The molecule has 1 aromatic carbocycles. The van der Waals surface area contributed by atoms with Crippen molar-refractivity contribution >= 4 is 9.84 Å². The Morgan fingerprint density at radius 1 is 1.20 bits per heavy atom. The predicted octanol–water partition coefficient (Wildman–Crippen LogP) is 0.937. The number of aliphatic hydroxyl groups is 1. The highest BCUT2D eigenvalue weighted by atomic mass is 32.2. The Bertz CT molecular complexity index is 425. The van der Waals surface area contributed by atoms with Crippen molar-refractivity contribution in [2.45, 2.75) is 24.3 Å². The molecule has 84 valence electrons. The van der Waals surface area contributed by atoms with E-state index in [1.165, 1.54) is 38.1 Å². The molecule has 0 heterocycles. The molecular weight excluding hydrogens is 216 g/mol. The lowest BCUT2D eigenvalue weighted by Crippen LogP contribution is -2.30. The number of phenolic OH excluding ortho intramolecular Hbond substituents is 1. The van der Waals surface area contributed by atoms with Crippen molar-refractivity contribution in [1.82, 2.24) is 0 Å². The minimum atomic E-state index is -3.50. The van der Waals surface area contributed by atoms with Crippen LogP contribution in [0.3, 0.4) is 0 Å². The normalized spacial score (nSPS) is 12.7. The van der Waals surface area contributed by atoms with E-state index in [1.807, 2.05) is 0 Å². The molecule has 15 heavy (non-hydrogen) atoms. The molecule has 0 amide bonds. The van der Waals surface area contributed by atoms with Gasteiger partial charge in [0.05, 0.1) is 16.2 Å². The van der Waals surface area contributed by atoms with E-state index in [2.05, 4.69) is 0 Å². The molecule has 0 spiro atoms. The number of sulfone groups is 1. The summed E-state index contributed by atoms with van der Waals surface area (Å²) < 4.78 is 23.4. The largest absolute Gasteiger partial charge is 0.508 e. The Morgan fingerprint density at radius 2 is 1.67 bits per heavy atom. The van der Waals surface area contributed by atoms with Gasteiger partial charge in [-0.2, -0.15) is 0 Å². The monoisotopic (exact) mass is 230 g/mol. The van der Waals surface area contributed by atoms with Gasteiger partial charge in [0, 0.05) is 0 Å². The van der Waals surface area contributed by atoms with Crippen molar-refractivity contribution in [3.05, 3.63) is 24.3 Å². The van der Waals surface area contributed by atoms with Gasteiger partial charge in [-0.1, -0.05) is 0 Å². The third-order valence-corrected chi connectivity index (χ3v) is 3.82. The lowest BCUT2D eigenvalue weighted by Gasteiger charge is -2.16. The van der Waals surface area contributed by atoms with Crippen LogP contribution in [0.1, 0.15) is 13.8 Å². The van der Waals surface area contributed by atoms with Crippen LogP contribution in [0.2, 0.25) is 0 Å². The Balaban J connectivity index is 3.02. The Kier molecular flexibility index (Phi) is 3.06. The minimum absolute atomic E-state index is 0.0113. The molecule has 5 heteroatoms. The number of aromatic hydroxyl groups is 1. The maximum atomic E-state index is 11.7. The van der Waals surface area contributed by atoms with Crippen LogP contribution in [0.25, 0.3) is 0 Å². The van der Waals surface area contributed by atoms with Crippen molar-refractivity contribution in [2.75, 3.05) is 5.75 Å². The second-order valence-electron chi connectivity index (χ2n) is 4.07. The molecule has 2 N–H and O–H groups in total. The molecule has 0 bridgehead atoms. The quantitative estimate of drug-likeness (QED) is 0.810. The third kappa shape index (κ3) is 3.53. The Morgan fingerprint density at radius 3 is 2.07 bits per heavy atom. The molecule has 0 atom stereocenters. The molecular formula is C10H14O4S. The molecule has 0 saturated carbocycles. The fourth-order valence-corrected chi connectivity index (χ4v) is 2.85. The summed E-state index contributed by atoms with van der Waals surface area (Å²) in [6.45, 7) is 2.87. The summed E-state index contributed by atoms with van der Waals surface area (Å²) in [5.74, 6) is -0.331. The zero-order valence-electron chi connectivity index (χ0n) is 8.64. The molecule has 0 aliphatic rings. The molecule has 4 nitrogen and oxygen atoms in total. The fourth-order valence-electron chi connectivity index (χ4n) is 1.20. The standard InChI is InChI=1S/C10H14O4S/c1-10(2,12)7-15(13,14)9-5-3-8(11)4-6-9/h3-6,11-12H,7H2,1-2H3. The van der Waals surface area contributed by atoms with E-state index in [-0.39, 0.29) is 16.4 Å². The highest BCUT2D eigenvalue weighted by Crippen LogP contribution is 2.18. The van der Waals surface area contributed by atoms with Crippen LogP contribution in [0, 0.1) is 0 Å². The summed E-state index contributed by atoms with van der Waals surface area (Å²) in [7, 11) is -3.50. The number of hydrogen-bond donors (Lipinski definition) is 2. The van der Waals surface area contributed by atoms with Crippen LogP contribution in [0.4, 0.5) is 0 Å². The minimum Gasteiger partial charge on any atom is -0.508 e. The van der Waals surface area contributed by atoms with Crippen molar-refractivity contribution in [3.8, 4) is 5.75 Å². The van der Waals surface area contributed by atoms with E-state index in [4.69, 9.17) is 5.11 Å². The van der Waals surface area contributed by atoms with Crippen LogP contribution < -0.4 is 0 Å². The van der Waals surface area contributed by atoms with Gasteiger partial charge in [0.15, 0.2) is 9.84 Å². The van der Waals surface area contributed by atoms with Crippen LogP contribution in [0.15, 0.2) is 29.2 Å². The van der Waals surface area contributed by atoms with Crippen molar-refractivity contribution < 1.29 is 18.6 Å². The fraction of sp³-hybridized carbons (Fsp3) is 0.400. The van der Waals surface area contributed by atoms with E-state index < -0.39 is 15.4 Å². The van der Waals surface area contributed by atoms with Crippen LogP contribution >= 0.6 is 0 Å². The number of benzene rings is 1. The van der Waals surface area contributed by atoms with Gasteiger partial charge in [-0.05, 0) is 38.1 Å². The maximum absolute atomic E-state index is 11.7. The lowest BCUT2D eigenvalue weighted by molar-refractivity contribution is 0.105. The summed E-state index contributed by atoms with van der Waals surface area (Å²) in [6, 6.07) is 5.24. The van der Waals surface area contributed by atoms with Gasteiger partial charge in [-0.25, -0.2) is 8.42 Å². The van der Waals surface area contributed by atoms with Gasteiger partial charge in [0.1, 0.15) is 5.75 Å². The van der Waals surface area contributed by atoms with Crippen molar-refractivity contribution in [1.29, 1.82) is 0 Å². The lowest BCUT2D eigenvalue weighted by atomic mass is 10.2. The van der Waals surface area contributed by atoms with Gasteiger partial charge < -0.3 is 10.2 Å². The molecule has 0 aromatic heterocycles. The molecule has 0 unspecified atom stereocenters. The molecule has 1 aromatic rings. The molecule has 0 aliphatic carbocycles. The topological polar surface area (TPSA) is 74.6 Å². The number of phenols is 1. The second kappa shape index (κ2) is 3.83. The van der Waals surface area contributed by atoms with Crippen LogP contribution in [0.5, 0.6) is 5.75 Å². The Hall–Kier alpha value is -1.07. The maximum Gasteiger partial charge on any atom is 0.181 e. The van der Waals surface area contributed by atoms with E-state index in [0.717, 1.165) is 0 Å². The van der Waals surface area contributed by atoms with E-state index >= 15 is 0 Å². The zero-order chi connectivity index (χ0) is 11.7. The van der Waals surface area contributed by atoms with E-state index in [0.29, 0.717) is 0 Å². The van der Waals surface area contributed by atoms with Gasteiger partial charge in [-0.15, -0.1) is 0 Å². The highest BCUT2D eigenvalue weighted by molar-refractivity contribution is 7.91. The average Bonchev–Trinajstić information content (AvgIpc) is 2.00. The summed E-state index contributed by atoms with van der Waals surface area (Å²) in [4.78, 5) is 0.0995. The average molecular weight is 230 g/mol. The first-order valence-corrected chi connectivity index (χ1v) is 6.10. The summed E-state index contributed by atoms with van der Waals surface area (Å²) in [6.07, 6.45) is 0. The SMILES string of the molecule is CC(C)(O)CS(=O)(=O)c1ccc(O)cc1. The van der Waals surface area contributed by atoms with Crippen LogP contribution in [-0.4, -0.2) is 30.0 Å². The first kappa shape index (κ1) is 12.0. The van der Waals surface area contributed by atoms with Crippen molar-refractivity contribution in [2.24, 2.45) is 0 Å². The van der Waals surface area contributed by atoms with Gasteiger partial charge in [0.25, 0.3) is 0 Å². The summed E-state index contributed by atoms with van der Waals surface area (Å²) in [5, 5.41) is 18.5. The van der Waals surface area contributed by atoms with Gasteiger partial charge >= 0.3 is 0 Å². The molecule has 0 fully saturated rings. The second-order valence-corrected chi connectivity index (χ2v) is 6.05. The van der Waals surface area contributed by atoms with Crippen LogP contribution in [-0.2, 0) is 9.84 Å².